The molecule has 17 heavy (non-hydrogen) atoms. The van der Waals surface area contributed by atoms with Crippen LogP contribution in [0.15, 0.2) is 29.0 Å². The van der Waals surface area contributed by atoms with Crippen molar-refractivity contribution >= 4 is 21.2 Å². The Kier molecular flexibility index (Phi) is 3.33. The van der Waals surface area contributed by atoms with Gasteiger partial charge in [-0.3, -0.25) is 0 Å². The van der Waals surface area contributed by atoms with Gasteiger partial charge in [0, 0.05) is 6.07 Å². The van der Waals surface area contributed by atoms with Gasteiger partial charge in [0.2, 0.25) is 0 Å². The maximum absolute atomic E-state index is 11.6. The number of fused-ring (bicyclic) bond motifs is 1. The van der Waals surface area contributed by atoms with Crippen LogP contribution in [0.1, 0.15) is 19.8 Å². The standard InChI is InChI=1S/C11H13NO4S/c1-2-3-6-17(13,14)16-9-4-5-11-10(7-9)12-8-15-11/h4-5,7-8H,2-3,6H2,1H3. The number of nitrogens with zero attached hydrogens (tertiary/aromatic N) is 1. The van der Waals surface area contributed by atoms with E-state index < -0.39 is 10.1 Å². The molecule has 1 heterocycles. The smallest absolute Gasteiger partial charge is 0.309 e. The second kappa shape index (κ2) is 4.75. The van der Waals surface area contributed by atoms with Crippen LogP contribution in [-0.2, 0) is 10.1 Å². The van der Waals surface area contributed by atoms with Crippen LogP contribution in [0.5, 0.6) is 5.75 Å². The minimum atomic E-state index is -3.51. The lowest BCUT2D eigenvalue weighted by atomic mass is 10.3. The molecule has 5 nitrogen and oxygen atoms in total. The first kappa shape index (κ1) is 11.9. The minimum absolute atomic E-state index is 0.0281. The van der Waals surface area contributed by atoms with E-state index in [2.05, 4.69) is 4.98 Å². The van der Waals surface area contributed by atoms with Crippen molar-refractivity contribution in [3.63, 3.8) is 0 Å². The van der Waals surface area contributed by atoms with Gasteiger partial charge in [-0.2, -0.15) is 8.42 Å². The largest absolute Gasteiger partial charge is 0.443 e. The molecular weight excluding hydrogens is 242 g/mol. The van der Waals surface area contributed by atoms with Gasteiger partial charge in [-0.15, -0.1) is 0 Å². The Morgan fingerprint density at radius 3 is 3.00 bits per heavy atom. The third-order valence-electron chi connectivity index (χ3n) is 2.27. The highest BCUT2D eigenvalue weighted by Crippen LogP contribution is 2.21. The number of hydrogen-bond acceptors (Lipinski definition) is 5. The van der Waals surface area contributed by atoms with E-state index in [1.54, 1.807) is 18.2 Å². The molecule has 0 N–H and O–H groups in total. The summed E-state index contributed by atoms with van der Waals surface area (Å²) in [5.74, 6) is 0.294. The van der Waals surface area contributed by atoms with Gasteiger partial charge in [-0.1, -0.05) is 13.3 Å². The van der Waals surface area contributed by atoms with Crippen LogP contribution in [0, 0.1) is 0 Å². The number of aromatic nitrogens is 1. The van der Waals surface area contributed by atoms with E-state index in [4.69, 9.17) is 8.60 Å². The summed E-state index contributed by atoms with van der Waals surface area (Å²) in [5.41, 5.74) is 1.18. The maximum atomic E-state index is 11.6. The Balaban J connectivity index is 2.17. The van der Waals surface area contributed by atoms with Gasteiger partial charge in [0.25, 0.3) is 0 Å². The summed E-state index contributed by atoms with van der Waals surface area (Å²) in [7, 11) is -3.51. The van der Waals surface area contributed by atoms with Crippen molar-refractivity contribution in [2.24, 2.45) is 0 Å². The van der Waals surface area contributed by atoms with Gasteiger partial charge in [0.1, 0.15) is 11.3 Å². The van der Waals surface area contributed by atoms with Crippen LogP contribution >= 0.6 is 0 Å². The van der Waals surface area contributed by atoms with E-state index in [0.29, 0.717) is 17.5 Å². The van der Waals surface area contributed by atoms with Crippen molar-refractivity contribution < 1.29 is 17.0 Å². The van der Waals surface area contributed by atoms with Gasteiger partial charge in [-0.05, 0) is 18.6 Å². The summed E-state index contributed by atoms with van der Waals surface area (Å²) in [5, 5.41) is 0. The van der Waals surface area contributed by atoms with Crippen molar-refractivity contribution in [1.29, 1.82) is 0 Å². The van der Waals surface area contributed by atoms with Crippen molar-refractivity contribution in [3.05, 3.63) is 24.6 Å². The van der Waals surface area contributed by atoms with E-state index in [1.165, 1.54) is 6.39 Å². The lowest BCUT2D eigenvalue weighted by molar-refractivity contribution is 0.484. The number of unbranched alkanes of at least 4 members (excludes halogenated alkanes) is 1. The molecule has 2 rings (SSSR count). The highest BCUT2D eigenvalue weighted by atomic mass is 32.2. The van der Waals surface area contributed by atoms with Gasteiger partial charge >= 0.3 is 10.1 Å². The predicted octanol–water partition coefficient (Wildman–Crippen LogP) is 2.34. The van der Waals surface area contributed by atoms with E-state index in [1.807, 2.05) is 6.92 Å². The van der Waals surface area contributed by atoms with E-state index in [9.17, 15) is 8.42 Å². The normalized spacial score (nSPS) is 11.8. The molecule has 0 radical (unpaired) electrons. The van der Waals surface area contributed by atoms with Crippen molar-refractivity contribution in [2.75, 3.05) is 5.75 Å². The summed E-state index contributed by atoms with van der Waals surface area (Å²) in [6.45, 7) is 1.93. The molecular formula is C11H13NO4S. The fourth-order valence-corrected chi connectivity index (χ4v) is 2.52. The molecule has 92 valence electrons. The Morgan fingerprint density at radius 1 is 1.41 bits per heavy atom. The zero-order valence-electron chi connectivity index (χ0n) is 9.42. The van der Waals surface area contributed by atoms with E-state index >= 15 is 0 Å². The highest BCUT2D eigenvalue weighted by Gasteiger charge is 2.12. The van der Waals surface area contributed by atoms with Crippen molar-refractivity contribution in [1.82, 2.24) is 4.98 Å². The van der Waals surface area contributed by atoms with Crippen LogP contribution in [0.3, 0.4) is 0 Å². The molecule has 0 unspecified atom stereocenters. The molecule has 0 spiro atoms. The summed E-state index contributed by atoms with van der Waals surface area (Å²) in [4.78, 5) is 3.93. The number of hydrogen-bond donors (Lipinski definition) is 0. The summed E-state index contributed by atoms with van der Waals surface area (Å²) < 4.78 is 33.2. The molecule has 1 aromatic heterocycles. The predicted molar refractivity (Wildman–Crippen MR) is 63.3 cm³/mol. The van der Waals surface area contributed by atoms with Gasteiger partial charge < -0.3 is 8.60 Å². The molecule has 0 aliphatic carbocycles. The number of rotatable bonds is 5. The highest BCUT2D eigenvalue weighted by molar-refractivity contribution is 7.87. The zero-order chi connectivity index (χ0) is 12.3. The fourth-order valence-electron chi connectivity index (χ4n) is 1.40. The van der Waals surface area contributed by atoms with Crippen LogP contribution < -0.4 is 4.18 Å². The summed E-state index contributed by atoms with van der Waals surface area (Å²) >= 11 is 0. The SMILES string of the molecule is CCCCS(=O)(=O)Oc1ccc2ocnc2c1. The van der Waals surface area contributed by atoms with Crippen LogP contribution in [0.4, 0.5) is 0 Å². The topological polar surface area (TPSA) is 69.4 Å². The molecule has 0 aliphatic rings. The summed E-state index contributed by atoms with van der Waals surface area (Å²) in [6.07, 6.45) is 2.71. The number of benzene rings is 1. The van der Waals surface area contributed by atoms with Gasteiger partial charge in [0.15, 0.2) is 12.0 Å². The van der Waals surface area contributed by atoms with Crippen molar-refractivity contribution in [2.45, 2.75) is 19.8 Å². The summed E-state index contributed by atoms with van der Waals surface area (Å²) in [6, 6.07) is 4.73. The fraction of sp³-hybridized carbons (Fsp3) is 0.364. The maximum Gasteiger partial charge on any atom is 0.309 e. The molecule has 0 fully saturated rings. The molecule has 2 aromatic rings. The zero-order valence-corrected chi connectivity index (χ0v) is 10.2. The molecule has 0 saturated carbocycles. The quantitative estimate of drug-likeness (QED) is 0.767. The third-order valence-corrected chi connectivity index (χ3v) is 3.51. The van der Waals surface area contributed by atoms with Gasteiger partial charge in [0.05, 0.1) is 5.75 Å². The van der Waals surface area contributed by atoms with Crippen LogP contribution in [0.2, 0.25) is 0 Å². The van der Waals surface area contributed by atoms with Gasteiger partial charge in [-0.25, -0.2) is 4.98 Å². The second-order valence-corrected chi connectivity index (χ2v) is 5.37. The first-order valence-corrected chi connectivity index (χ1v) is 6.94. The van der Waals surface area contributed by atoms with Crippen LogP contribution in [0.25, 0.3) is 11.1 Å². The monoisotopic (exact) mass is 255 g/mol. The average molecular weight is 255 g/mol. The lowest BCUT2D eigenvalue weighted by Crippen LogP contribution is -2.13. The second-order valence-electron chi connectivity index (χ2n) is 3.68. The van der Waals surface area contributed by atoms with E-state index in [0.717, 1.165) is 6.42 Å². The third kappa shape index (κ3) is 2.97. The molecule has 0 atom stereocenters. The Bertz CT molecular complexity index is 603. The first-order chi connectivity index (χ1) is 8.11. The lowest BCUT2D eigenvalue weighted by Gasteiger charge is -2.05. The average Bonchev–Trinajstić information content (AvgIpc) is 2.73. The first-order valence-electron chi connectivity index (χ1n) is 5.36. The molecule has 1 aromatic carbocycles. The molecule has 0 bridgehead atoms. The Morgan fingerprint density at radius 2 is 2.24 bits per heavy atom. The molecule has 0 aliphatic heterocycles. The minimum Gasteiger partial charge on any atom is -0.443 e. The molecule has 0 amide bonds. The van der Waals surface area contributed by atoms with E-state index in [-0.39, 0.29) is 11.5 Å². The Labute approximate surface area is 99.5 Å². The molecule has 0 saturated heterocycles. The Hall–Kier alpha value is -1.56. The number of oxazole rings is 1. The van der Waals surface area contributed by atoms with Crippen molar-refractivity contribution in [3.8, 4) is 5.75 Å². The van der Waals surface area contributed by atoms with Crippen LogP contribution in [-0.4, -0.2) is 19.2 Å². The molecule has 6 heteroatoms.